The molecule has 2 rings (SSSR count). The summed E-state index contributed by atoms with van der Waals surface area (Å²) in [4.78, 5) is 0. The Labute approximate surface area is 122 Å². The molecule has 2 aromatic rings. The van der Waals surface area contributed by atoms with Crippen molar-refractivity contribution in [3.8, 4) is 17.2 Å². The number of aryl methyl sites for hydroxylation is 1. The van der Waals surface area contributed by atoms with Crippen LogP contribution in [0.15, 0.2) is 30.3 Å². The summed E-state index contributed by atoms with van der Waals surface area (Å²) >= 11 is 0. The SMILES string of the molecule is COc1cc(C)ccc1Oc1c(F)cc(CCN)cc1F. The molecule has 0 spiro atoms. The van der Waals surface area contributed by atoms with Crippen molar-refractivity contribution < 1.29 is 18.3 Å². The van der Waals surface area contributed by atoms with E-state index in [-0.39, 0.29) is 5.75 Å². The lowest BCUT2D eigenvalue weighted by atomic mass is 10.1. The Morgan fingerprint density at radius 2 is 1.71 bits per heavy atom. The molecule has 0 aliphatic rings. The first-order valence-corrected chi connectivity index (χ1v) is 6.55. The van der Waals surface area contributed by atoms with Crippen molar-refractivity contribution in [3.05, 3.63) is 53.1 Å². The zero-order valence-corrected chi connectivity index (χ0v) is 12.0. The van der Waals surface area contributed by atoms with E-state index >= 15 is 0 Å². The van der Waals surface area contributed by atoms with Crippen LogP contribution in [-0.4, -0.2) is 13.7 Å². The molecule has 0 aliphatic carbocycles. The lowest BCUT2D eigenvalue weighted by molar-refractivity contribution is 0.359. The second kappa shape index (κ2) is 6.54. The van der Waals surface area contributed by atoms with E-state index in [0.29, 0.717) is 24.3 Å². The number of nitrogens with two attached hydrogens (primary N) is 1. The van der Waals surface area contributed by atoms with Crippen LogP contribution < -0.4 is 15.2 Å². The maximum absolute atomic E-state index is 14.0. The molecule has 3 nitrogen and oxygen atoms in total. The standard InChI is InChI=1S/C16H17F2NO2/c1-10-3-4-14(15(7-10)20-2)21-16-12(17)8-11(5-6-19)9-13(16)18/h3-4,7-9H,5-6,19H2,1-2H3. The first-order chi connectivity index (χ1) is 10.0. The Morgan fingerprint density at radius 1 is 1.05 bits per heavy atom. The Hall–Kier alpha value is -2.14. The molecule has 5 heteroatoms. The molecule has 0 radical (unpaired) electrons. The fraction of sp³-hybridized carbons (Fsp3) is 0.250. The number of benzene rings is 2. The number of methoxy groups -OCH3 is 1. The summed E-state index contributed by atoms with van der Waals surface area (Å²) in [6.45, 7) is 2.21. The molecule has 0 aromatic heterocycles. The second-order valence-corrected chi connectivity index (χ2v) is 4.68. The van der Waals surface area contributed by atoms with Gasteiger partial charge in [-0.2, -0.15) is 0 Å². The molecular weight excluding hydrogens is 276 g/mol. The summed E-state index contributed by atoms with van der Waals surface area (Å²) in [5, 5.41) is 0. The average molecular weight is 293 g/mol. The summed E-state index contributed by atoms with van der Waals surface area (Å²) in [5.74, 6) is -1.30. The minimum atomic E-state index is -0.763. The Morgan fingerprint density at radius 3 is 2.29 bits per heavy atom. The zero-order chi connectivity index (χ0) is 15.4. The normalized spacial score (nSPS) is 10.5. The van der Waals surface area contributed by atoms with Gasteiger partial charge >= 0.3 is 0 Å². The maximum atomic E-state index is 14.0. The largest absolute Gasteiger partial charge is 0.493 e. The minimum Gasteiger partial charge on any atom is -0.493 e. The van der Waals surface area contributed by atoms with E-state index in [9.17, 15) is 8.78 Å². The van der Waals surface area contributed by atoms with Crippen LogP contribution in [0.2, 0.25) is 0 Å². The van der Waals surface area contributed by atoms with E-state index in [2.05, 4.69) is 0 Å². The number of ether oxygens (including phenoxy) is 2. The zero-order valence-electron chi connectivity index (χ0n) is 12.0. The van der Waals surface area contributed by atoms with Crippen LogP contribution in [0.25, 0.3) is 0 Å². The molecule has 0 bridgehead atoms. The lowest BCUT2D eigenvalue weighted by Crippen LogP contribution is -2.04. The van der Waals surface area contributed by atoms with Gasteiger partial charge in [0, 0.05) is 0 Å². The van der Waals surface area contributed by atoms with Gasteiger partial charge < -0.3 is 15.2 Å². The Bertz CT molecular complexity index is 621. The van der Waals surface area contributed by atoms with Crippen molar-refractivity contribution in [3.63, 3.8) is 0 Å². The van der Waals surface area contributed by atoms with Gasteiger partial charge in [0.1, 0.15) is 0 Å². The van der Waals surface area contributed by atoms with E-state index in [0.717, 1.165) is 5.56 Å². The highest BCUT2D eigenvalue weighted by Crippen LogP contribution is 2.35. The smallest absolute Gasteiger partial charge is 0.198 e. The van der Waals surface area contributed by atoms with Crippen LogP contribution in [0.4, 0.5) is 8.78 Å². The molecule has 0 saturated heterocycles. The van der Waals surface area contributed by atoms with E-state index in [1.807, 2.05) is 6.92 Å². The van der Waals surface area contributed by atoms with Gasteiger partial charge in [0.2, 0.25) is 0 Å². The van der Waals surface area contributed by atoms with Gasteiger partial charge in [-0.25, -0.2) is 8.78 Å². The molecule has 2 aromatic carbocycles. The predicted octanol–water partition coefficient (Wildman–Crippen LogP) is 3.58. The fourth-order valence-electron chi connectivity index (χ4n) is 1.99. The number of hydrogen-bond acceptors (Lipinski definition) is 3. The Balaban J connectivity index is 2.36. The number of hydrogen-bond donors (Lipinski definition) is 1. The van der Waals surface area contributed by atoms with Crippen molar-refractivity contribution in [2.45, 2.75) is 13.3 Å². The third kappa shape index (κ3) is 3.49. The number of rotatable bonds is 5. The molecule has 0 saturated carbocycles. The monoisotopic (exact) mass is 293 g/mol. The average Bonchev–Trinajstić information content (AvgIpc) is 2.44. The van der Waals surface area contributed by atoms with Crippen molar-refractivity contribution in [2.75, 3.05) is 13.7 Å². The van der Waals surface area contributed by atoms with Gasteiger partial charge in [-0.15, -0.1) is 0 Å². The minimum absolute atomic E-state index is 0.257. The van der Waals surface area contributed by atoms with Gasteiger partial charge in [0.05, 0.1) is 7.11 Å². The molecule has 0 amide bonds. The first kappa shape index (κ1) is 15.3. The van der Waals surface area contributed by atoms with Gasteiger partial charge in [0.25, 0.3) is 0 Å². The summed E-state index contributed by atoms with van der Waals surface area (Å²) in [7, 11) is 1.47. The molecule has 0 aliphatic heterocycles. The maximum Gasteiger partial charge on any atom is 0.198 e. The molecule has 2 N–H and O–H groups in total. The van der Waals surface area contributed by atoms with Gasteiger partial charge in [0.15, 0.2) is 28.9 Å². The molecule has 0 heterocycles. The summed E-state index contributed by atoms with van der Waals surface area (Å²) in [5.41, 5.74) is 6.83. The molecule has 112 valence electrons. The van der Waals surface area contributed by atoms with Crippen LogP contribution in [0.5, 0.6) is 17.2 Å². The number of halogens is 2. The molecule has 0 unspecified atom stereocenters. The summed E-state index contributed by atoms with van der Waals surface area (Å²) in [6.07, 6.45) is 0.405. The molecule has 0 fully saturated rings. The van der Waals surface area contributed by atoms with Crippen molar-refractivity contribution in [1.29, 1.82) is 0 Å². The third-order valence-corrected chi connectivity index (χ3v) is 3.02. The molecule has 0 atom stereocenters. The van der Waals surface area contributed by atoms with Crippen LogP contribution in [0.3, 0.4) is 0 Å². The first-order valence-electron chi connectivity index (χ1n) is 6.55. The highest BCUT2D eigenvalue weighted by molar-refractivity contribution is 5.46. The topological polar surface area (TPSA) is 44.5 Å². The fourth-order valence-corrected chi connectivity index (χ4v) is 1.99. The van der Waals surface area contributed by atoms with E-state index < -0.39 is 17.4 Å². The van der Waals surface area contributed by atoms with Gasteiger partial charge in [-0.1, -0.05) is 6.07 Å². The van der Waals surface area contributed by atoms with Crippen LogP contribution in [0, 0.1) is 18.6 Å². The highest BCUT2D eigenvalue weighted by atomic mass is 19.1. The summed E-state index contributed by atoms with van der Waals surface area (Å²) < 4.78 is 38.5. The predicted molar refractivity (Wildman–Crippen MR) is 76.9 cm³/mol. The molecule has 21 heavy (non-hydrogen) atoms. The van der Waals surface area contributed by atoms with Crippen molar-refractivity contribution in [2.24, 2.45) is 5.73 Å². The van der Waals surface area contributed by atoms with Gasteiger partial charge in [-0.05, 0) is 55.3 Å². The quantitative estimate of drug-likeness (QED) is 0.916. The Kier molecular flexibility index (Phi) is 4.75. The highest BCUT2D eigenvalue weighted by Gasteiger charge is 2.15. The van der Waals surface area contributed by atoms with E-state index in [1.165, 1.54) is 19.2 Å². The second-order valence-electron chi connectivity index (χ2n) is 4.68. The molecular formula is C16H17F2NO2. The van der Waals surface area contributed by atoms with Crippen molar-refractivity contribution in [1.82, 2.24) is 0 Å². The van der Waals surface area contributed by atoms with Crippen LogP contribution in [-0.2, 0) is 6.42 Å². The van der Waals surface area contributed by atoms with Crippen LogP contribution >= 0.6 is 0 Å². The van der Waals surface area contributed by atoms with E-state index in [4.69, 9.17) is 15.2 Å². The lowest BCUT2D eigenvalue weighted by Gasteiger charge is -2.13. The third-order valence-electron chi connectivity index (χ3n) is 3.02. The van der Waals surface area contributed by atoms with Crippen LogP contribution in [0.1, 0.15) is 11.1 Å². The van der Waals surface area contributed by atoms with Gasteiger partial charge in [-0.3, -0.25) is 0 Å². The summed E-state index contributed by atoms with van der Waals surface area (Å²) in [6, 6.07) is 7.57. The van der Waals surface area contributed by atoms with E-state index in [1.54, 1.807) is 18.2 Å². The van der Waals surface area contributed by atoms with Crippen molar-refractivity contribution >= 4 is 0 Å².